The minimum absolute atomic E-state index is 0.00197. The zero-order valence-corrected chi connectivity index (χ0v) is 19.2. The van der Waals surface area contributed by atoms with Crippen molar-refractivity contribution in [1.29, 1.82) is 0 Å². The maximum Gasteiger partial charge on any atom is 0.307 e. The minimum Gasteiger partial charge on any atom is -0.446 e. The highest BCUT2D eigenvalue weighted by Gasteiger charge is 2.35. The summed E-state index contributed by atoms with van der Waals surface area (Å²) in [6, 6.07) is 7.39. The lowest BCUT2D eigenvalue weighted by atomic mass is 10.1. The average molecular weight is 443 g/mol. The Morgan fingerprint density at radius 2 is 1.56 bits per heavy atom. The van der Waals surface area contributed by atoms with Crippen LogP contribution < -0.4 is 0 Å². The number of imide groups is 1. The number of unbranched alkanes of at least 4 members (excludes halogenated alkanes) is 3. The first-order valence-electron chi connectivity index (χ1n) is 11.8. The number of hydrogen-bond donors (Lipinski definition) is 0. The van der Waals surface area contributed by atoms with Crippen molar-refractivity contribution < 1.29 is 23.9 Å². The highest BCUT2D eigenvalue weighted by molar-refractivity contribution is 6.21. The van der Waals surface area contributed by atoms with Gasteiger partial charge in [0.15, 0.2) is 6.23 Å². The van der Waals surface area contributed by atoms with E-state index in [2.05, 4.69) is 11.8 Å². The van der Waals surface area contributed by atoms with E-state index in [9.17, 15) is 19.2 Å². The molecule has 2 aliphatic rings. The number of ketones is 1. The predicted molar refractivity (Wildman–Crippen MR) is 120 cm³/mol. The van der Waals surface area contributed by atoms with Gasteiger partial charge in [0.25, 0.3) is 11.8 Å². The van der Waals surface area contributed by atoms with Crippen molar-refractivity contribution >= 4 is 23.6 Å². The van der Waals surface area contributed by atoms with E-state index in [1.807, 2.05) is 0 Å². The summed E-state index contributed by atoms with van der Waals surface area (Å²) in [7, 11) is 0. The molecule has 0 aromatic heterocycles. The fourth-order valence-electron chi connectivity index (χ4n) is 4.64. The summed E-state index contributed by atoms with van der Waals surface area (Å²) < 4.78 is 5.66. The van der Waals surface area contributed by atoms with Crippen LogP contribution in [-0.2, 0) is 14.3 Å². The van der Waals surface area contributed by atoms with Gasteiger partial charge in [0.1, 0.15) is 5.78 Å². The van der Waals surface area contributed by atoms with Crippen LogP contribution in [0.3, 0.4) is 0 Å². The minimum atomic E-state index is -0.298. The quantitative estimate of drug-likeness (QED) is 0.277. The van der Waals surface area contributed by atoms with Gasteiger partial charge in [-0.2, -0.15) is 0 Å². The molecule has 32 heavy (non-hydrogen) atoms. The van der Waals surface area contributed by atoms with E-state index in [-0.39, 0.29) is 42.6 Å². The molecule has 2 heterocycles. The number of amides is 2. The Hall–Kier alpha value is -2.54. The molecule has 1 aromatic rings. The maximum absolute atomic E-state index is 12.4. The van der Waals surface area contributed by atoms with Gasteiger partial charge < -0.3 is 9.53 Å². The van der Waals surface area contributed by atoms with Crippen LogP contribution in [0.4, 0.5) is 0 Å². The fourth-order valence-corrected chi connectivity index (χ4v) is 4.64. The molecule has 7 nitrogen and oxygen atoms in total. The lowest BCUT2D eigenvalue weighted by Gasteiger charge is -2.29. The summed E-state index contributed by atoms with van der Waals surface area (Å²) in [5.41, 5.74) is 1.00. The van der Waals surface area contributed by atoms with Gasteiger partial charge in [-0.1, -0.05) is 31.9 Å². The van der Waals surface area contributed by atoms with Gasteiger partial charge in [0, 0.05) is 25.6 Å². The number of carbonyl (C=O) groups excluding carboxylic acids is 4. The van der Waals surface area contributed by atoms with Crippen molar-refractivity contribution in [2.75, 3.05) is 13.1 Å². The molecule has 1 fully saturated rings. The maximum atomic E-state index is 12.4. The van der Waals surface area contributed by atoms with Crippen molar-refractivity contribution in [2.45, 2.75) is 83.9 Å². The third-order valence-corrected chi connectivity index (χ3v) is 6.43. The highest BCUT2D eigenvalue weighted by atomic mass is 16.6. The van der Waals surface area contributed by atoms with Crippen LogP contribution in [0.1, 0.15) is 92.4 Å². The van der Waals surface area contributed by atoms with Gasteiger partial charge in [-0.3, -0.25) is 24.2 Å². The van der Waals surface area contributed by atoms with E-state index in [0.29, 0.717) is 23.7 Å². The molecule has 0 N–H and O–H groups in total. The van der Waals surface area contributed by atoms with Gasteiger partial charge in [-0.25, -0.2) is 0 Å². The van der Waals surface area contributed by atoms with Crippen LogP contribution in [0, 0.1) is 0 Å². The molecule has 0 spiro atoms. The summed E-state index contributed by atoms with van der Waals surface area (Å²) >= 11 is 0. The van der Waals surface area contributed by atoms with Crippen LogP contribution in [0.25, 0.3) is 0 Å². The van der Waals surface area contributed by atoms with E-state index >= 15 is 0 Å². The molecule has 3 rings (SSSR count). The van der Waals surface area contributed by atoms with Crippen LogP contribution in [0.2, 0.25) is 0 Å². The van der Waals surface area contributed by atoms with Crippen LogP contribution in [0.5, 0.6) is 0 Å². The normalized spacial score (nSPS) is 20.6. The number of hydrogen-bond acceptors (Lipinski definition) is 6. The van der Waals surface area contributed by atoms with Gasteiger partial charge in [-0.05, 0) is 51.2 Å². The molecule has 2 amide bonds. The van der Waals surface area contributed by atoms with Gasteiger partial charge >= 0.3 is 5.97 Å². The van der Waals surface area contributed by atoms with Crippen LogP contribution in [-0.4, -0.2) is 58.7 Å². The number of likely N-dealkylation sites (tertiary alicyclic amines) is 1. The molecule has 2 atom stereocenters. The zero-order valence-electron chi connectivity index (χ0n) is 19.2. The van der Waals surface area contributed by atoms with E-state index < -0.39 is 0 Å². The molecule has 1 aromatic carbocycles. The highest BCUT2D eigenvalue weighted by Crippen LogP contribution is 2.28. The summed E-state index contributed by atoms with van der Waals surface area (Å²) in [6.07, 6.45) is 6.72. The SMILES string of the molecule is CC[C@@H]1CC[C@H](OC(=O)CCC(C)=O)N1CCCCCCN1C(=O)c2ccccc2C1=O. The predicted octanol–water partition coefficient (Wildman–Crippen LogP) is 3.96. The number of benzene rings is 1. The number of Topliss-reactive ketones (excluding diaryl/α,β-unsaturated/α-hetero) is 1. The van der Waals surface area contributed by atoms with Crippen molar-refractivity contribution in [3.05, 3.63) is 35.4 Å². The molecule has 0 radical (unpaired) electrons. The second-order valence-electron chi connectivity index (χ2n) is 8.75. The average Bonchev–Trinajstić information content (AvgIpc) is 3.27. The van der Waals surface area contributed by atoms with Gasteiger partial charge in [0.05, 0.1) is 17.5 Å². The number of rotatable bonds is 12. The van der Waals surface area contributed by atoms with Gasteiger partial charge in [0.2, 0.25) is 0 Å². The summed E-state index contributed by atoms with van der Waals surface area (Å²) in [4.78, 5) is 51.6. The lowest BCUT2D eigenvalue weighted by Crippen LogP contribution is -2.39. The molecule has 174 valence electrons. The Kier molecular flexibility index (Phi) is 8.56. The number of nitrogens with zero attached hydrogens (tertiary/aromatic N) is 2. The first-order chi connectivity index (χ1) is 15.4. The topological polar surface area (TPSA) is 84.0 Å². The van der Waals surface area contributed by atoms with E-state index in [0.717, 1.165) is 51.5 Å². The first-order valence-corrected chi connectivity index (χ1v) is 11.8. The largest absolute Gasteiger partial charge is 0.446 e. The van der Waals surface area contributed by atoms with E-state index in [1.165, 1.54) is 11.8 Å². The van der Waals surface area contributed by atoms with Crippen LogP contribution in [0.15, 0.2) is 24.3 Å². The van der Waals surface area contributed by atoms with Crippen molar-refractivity contribution in [3.8, 4) is 0 Å². The monoisotopic (exact) mass is 442 g/mol. The summed E-state index contributed by atoms with van der Waals surface area (Å²) in [6.45, 7) is 4.94. The standard InChI is InChI=1S/C25H34N2O5/c1-3-19-13-14-22(32-23(29)15-12-18(2)28)26(19)16-8-4-5-9-17-27-24(30)20-10-6-7-11-21(20)25(27)31/h6-7,10-11,19,22H,3-5,8-9,12-17H2,1-2H3/t19-,22+/m1/s1. The Balaban J connectivity index is 1.38. The molecular weight excluding hydrogens is 408 g/mol. The van der Waals surface area contributed by atoms with Gasteiger partial charge in [-0.15, -0.1) is 0 Å². The van der Waals surface area contributed by atoms with E-state index in [4.69, 9.17) is 4.74 Å². The third-order valence-electron chi connectivity index (χ3n) is 6.43. The Labute approximate surface area is 190 Å². The molecule has 0 unspecified atom stereocenters. The summed E-state index contributed by atoms with van der Waals surface area (Å²) in [5, 5.41) is 0. The van der Waals surface area contributed by atoms with Crippen molar-refractivity contribution in [2.24, 2.45) is 0 Å². The van der Waals surface area contributed by atoms with E-state index in [1.54, 1.807) is 24.3 Å². The Morgan fingerprint density at radius 1 is 0.938 bits per heavy atom. The lowest BCUT2D eigenvalue weighted by molar-refractivity contribution is -0.158. The first kappa shape index (κ1) is 24.1. The van der Waals surface area contributed by atoms with Crippen molar-refractivity contribution in [1.82, 2.24) is 9.80 Å². The number of ether oxygens (including phenoxy) is 1. The second-order valence-corrected chi connectivity index (χ2v) is 8.75. The molecule has 2 aliphatic heterocycles. The Morgan fingerprint density at radius 3 is 2.16 bits per heavy atom. The number of fused-ring (bicyclic) bond motifs is 1. The molecule has 0 bridgehead atoms. The van der Waals surface area contributed by atoms with Crippen molar-refractivity contribution in [3.63, 3.8) is 0 Å². The molecule has 1 saturated heterocycles. The number of carbonyl (C=O) groups is 4. The molecule has 0 saturated carbocycles. The smallest absolute Gasteiger partial charge is 0.307 e. The molecule has 7 heteroatoms. The molecular formula is C25H34N2O5. The zero-order chi connectivity index (χ0) is 23.1. The van der Waals surface area contributed by atoms with Crippen LogP contribution >= 0.6 is 0 Å². The number of esters is 1. The fraction of sp³-hybridized carbons (Fsp3) is 0.600. The Bertz CT molecular complexity index is 817. The summed E-state index contributed by atoms with van der Waals surface area (Å²) in [5.74, 6) is -0.684. The second kappa shape index (κ2) is 11.4. The third kappa shape index (κ3) is 5.82. The molecule has 0 aliphatic carbocycles.